The number of ether oxygens (including phenoxy) is 2. The number of carbonyl (C=O) groups is 1. The average molecular weight is 302 g/mol. The van der Waals surface area contributed by atoms with Crippen LogP contribution in [0, 0.1) is 13.8 Å². The van der Waals surface area contributed by atoms with Gasteiger partial charge in [0.15, 0.2) is 17.3 Å². The number of hydrogen-bond donors (Lipinski definition) is 1. The van der Waals surface area contributed by atoms with Crippen LogP contribution in [0.3, 0.4) is 0 Å². The molecule has 1 aromatic carbocycles. The largest absolute Gasteiger partial charge is 0.493 e. The SMILES string of the molecule is COc1cc(C)c2c(c1OC)C(=O)c1occ(C)c1[C@@]2(C)O. The number of methoxy groups -OCH3 is 2. The molecule has 0 radical (unpaired) electrons. The maximum atomic E-state index is 12.9. The van der Waals surface area contributed by atoms with Crippen LogP contribution in [0.2, 0.25) is 0 Å². The van der Waals surface area contributed by atoms with Crippen molar-refractivity contribution < 1.29 is 23.8 Å². The quantitative estimate of drug-likeness (QED) is 0.923. The third kappa shape index (κ3) is 1.66. The zero-order valence-corrected chi connectivity index (χ0v) is 13.2. The molecule has 1 atom stereocenters. The number of aryl methyl sites for hydroxylation is 2. The topological polar surface area (TPSA) is 68.9 Å². The monoisotopic (exact) mass is 302 g/mol. The Morgan fingerprint density at radius 2 is 1.82 bits per heavy atom. The summed E-state index contributed by atoms with van der Waals surface area (Å²) in [6.07, 6.45) is 1.49. The number of aliphatic hydroxyl groups is 1. The van der Waals surface area contributed by atoms with Crippen molar-refractivity contribution in [3.8, 4) is 11.5 Å². The molecule has 0 unspecified atom stereocenters. The lowest BCUT2D eigenvalue weighted by Gasteiger charge is -2.33. The smallest absolute Gasteiger partial charge is 0.232 e. The highest BCUT2D eigenvalue weighted by Gasteiger charge is 2.45. The van der Waals surface area contributed by atoms with Gasteiger partial charge in [0.1, 0.15) is 5.60 Å². The second kappa shape index (κ2) is 4.61. The van der Waals surface area contributed by atoms with E-state index in [9.17, 15) is 9.90 Å². The zero-order chi connectivity index (χ0) is 16.2. The highest BCUT2D eigenvalue weighted by molar-refractivity contribution is 6.14. The predicted octanol–water partition coefficient (Wildman–Crippen LogP) is 2.71. The van der Waals surface area contributed by atoms with E-state index in [0.717, 1.165) is 11.1 Å². The van der Waals surface area contributed by atoms with Gasteiger partial charge in [-0.15, -0.1) is 0 Å². The summed E-state index contributed by atoms with van der Waals surface area (Å²) in [7, 11) is 2.98. The fourth-order valence-electron chi connectivity index (χ4n) is 3.42. The molecule has 0 amide bonds. The first-order chi connectivity index (χ1) is 10.3. The molecule has 116 valence electrons. The summed E-state index contributed by atoms with van der Waals surface area (Å²) >= 11 is 0. The molecule has 22 heavy (non-hydrogen) atoms. The molecule has 1 N–H and O–H groups in total. The van der Waals surface area contributed by atoms with Gasteiger partial charge in [-0.3, -0.25) is 4.79 Å². The van der Waals surface area contributed by atoms with E-state index < -0.39 is 5.60 Å². The summed E-state index contributed by atoms with van der Waals surface area (Å²) in [6.45, 7) is 5.31. The third-order valence-electron chi connectivity index (χ3n) is 4.25. The number of furan rings is 1. The van der Waals surface area contributed by atoms with Crippen molar-refractivity contribution in [1.29, 1.82) is 0 Å². The first-order valence-electron chi connectivity index (χ1n) is 6.96. The van der Waals surface area contributed by atoms with E-state index in [1.807, 2.05) is 13.8 Å². The van der Waals surface area contributed by atoms with E-state index in [0.29, 0.717) is 28.2 Å². The van der Waals surface area contributed by atoms with Crippen molar-refractivity contribution in [2.45, 2.75) is 26.4 Å². The van der Waals surface area contributed by atoms with Crippen molar-refractivity contribution in [1.82, 2.24) is 0 Å². The molecule has 1 aliphatic rings. The van der Waals surface area contributed by atoms with Gasteiger partial charge in [-0.25, -0.2) is 0 Å². The van der Waals surface area contributed by atoms with Crippen LogP contribution in [0.1, 0.15) is 45.3 Å². The molecular weight excluding hydrogens is 284 g/mol. The molecule has 1 aliphatic carbocycles. The van der Waals surface area contributed by atoms with Crippen LogP contribution < -0.4 is 9.47 Å². The predicted molar refractivity (Wildman–Crippen MR) is 79.8 cm³/mol. The average Bonchev–Trinajstić information content (AvgIpc) is 2.86. The summed E-state index contributed by atoms with van der Waals surface area (Å²) in [6, 6.07) is 1.76. The summed E-state index contributed by atoms with van der Waals surface area (Å²) < 4.78 is 16.1. The molecule has 1 aromatic heterocycles. The number of carbonyl (C=O) groups excluding carboxylic acids is 1. The summed E-state index contributed by atoms with van der Waals surface area (Å²) in [5, 5.41) is 11.1. The summed E-state index contributed by atoms with van der Waals surface area (Å²) in [4.78, 5) is 12.9. The van der Waals surface area contributed by atoms with Crippen LogP contribution in [-0.2, 0) is 5.60 Å². The number of ketones is 1. The van der Waals surface area contributed by atoms with Crippen LogP contribution in [0.25, 0.3) is 0 Å². The molecule has 0 saturated carbocycles. The Bertz CT molecular complexity index is 783. The molecule has 0 saturated heterocycles. The second-order valence-electron chi connectivity index (χ2n) is 5.70. The van der Waals surface area contributed by atoms with Crippen LogP contribution in [0.4, 0.5) is 0 Å². The molecular formula is C17H18O5. The lowest BCUT2D eigenvalue weighted by molar-refractivity contribution is 0.0816. The first-order valence-corrected chi connectivity index (χ1v) is 6.96. The molecule has 2 aromatic rings. The first kappa shape index (κ1) is 14.7. The number of hydrogen-bond acceptors (Lipinski definition) is 5. The van der Waals surface area contributed by atoms with E-state index in [2.05, 4.69) is 0 Å². The Hall–Kier alpha value is -2.27. The minimum atomic E-state index is -1.33. The van der Waals surface area contributed by atoms with E-state index >= 15 is 0 Å². The van der Waals surface area contributed by atoms with E-state index in [-0.39, 0.29) is 11.5 Å². The lowest BCUT2D eigenvalue weighted by atomic mass is 9.74. The van der Waals surface area contributed by atoms with Gasteiger partial charge in [0, 0.05) is 11.1 Å². The van der Waals surface area contributed by atoms with Crippen LogP contribution in [0.5, 0.6) is 11.5 Å². The van der Waals surface area contributed by atoms with E-state index in [1.54, 1.807) is 13.0 Å². The normalized spacial score (nSPS) is 19.6. The fraction of sp³-hybridized carbons (Fsp3) is 0.353. The fourth-order valence-corrected chi connectivity index (χ4v) is 3.42. The molecule has 5 heteroatoms. The zero-order valence-electron chi connectivity index (χ0n) is 13.2. The van der Waals surface area contributed by atoms with Crippen molar-refractivity contribution >= 4 is 5.78 Å². The Balaban J connectivity index is 2.45. The van der Waals surface area contributed by atoms with Crippen LogP contribution >= 0.6 is 0 Å². The van der Waals surface area contributed by atoms with Crippen molar-refractivity contribution in [3.63, 3.8) is 0 Å². The molecule has 0 fully saturated rings. The number of fused-ring (bicyclic) bond motifs is 2. The molecule has 1 heterocycles. The summed E-state index contributed by atoms with van der Waals surface area (Å²) in [5.41, 5.74) is 1.52. The summed E-state index contributed by atoms with van der Waals surface area (Å²) in [5.74, 6) is 0.618. The maximum Gasteiger partial charge on any atom is 0.232 e. The Kier molecular flexibility index (Phi) is 3.07. The second-order valence-corrected chi connectivity index (χ2v) is 5.70. The van der Waals surface area contributed by atoms with Gasteiger partial charge in [0.05, 0.1) is 26.0 Å². The maximum absolute atomic E-state index is 12.9. The highest BCUT2D eigenvalue weighted by Crippen LogP contribution is 2.49. The van der Waals surface area contributed by atoms with Gasteiger partial charge in [-0.2, -0.15) is 0 Å². The molecule has 5 nitrogen and oxygen atoms in total. The van der Waals surface area contributed by atoms with E-state index in [4.69, 9.17) is 13.9 Å². The highest BCUT2D eigenvalue weighted by atomic mass is 16.5. The van der Waals surface area contributed by atoms with Crippen molar-refractivity contribution in [3.05, 3.63) is 45.9 Å². The number of rotatable bonds is 2. The Morgan fingerprint density at radius 3 is 2.41 bits per heavy atom. The minimum Gasteiger partial charge on any atom is -0.493 e. The Labute approximate surface area is 128 Å². The third-order valence-corrected chi connectivity index (χ3v) is 4.25. The van der Waals surface area contributed by atoms with Crippen molar-refractivity contribution in [2.24, 2.45) is 0 Å². The van der Waals surface area contributed by atoms with Crippen LogP contribution in [-0.4, -0.2) is 25.1 Å². The van der Waals surface area contributed by atoms with Gasteiger partial charge < -0.3 is 19.0 Å². The molecule has 0 bridgehead atoms. The van der Waals surface area contributed by atoms with Gasteiger partial charge in [0.25, 0.3) is 0 Å². The molecule has 0 spiro atoms. The van der Waals surface area contributed by atoms with Gasteiger partial charge in [0.2, 0.25) is 5.78 Å². The molecule has 0 aliphatic heterocycles. The minimum absolute atomic E-state index is 0.154. The van der Waals surface area contributed by atoms with Crippen molar-refractivity contribution in [2.75, 3.05) is 14.2 Å². The van der Waals surface area contributed by atoms with Gasteiger partial charge in [-0.05, 0) is 38.0 Å². The van der Waals surface area contributed by atoms with Crippen LogP contribution in [0.15, 0.2) is 16.7 Å². The lowest BCUT2D eigenvalue weighted by Crippen LogP contribution is -2.34. The Morgan fingerprint density at radius 1 is 1.14 bits per heavy atom. The standard InChI is InChI=1S/C17H18O5/c1-8-6-10(20-4)15(21-5)11-12(8)17(3,19)13-9(2)7-22-16(13)14(11)18/h6-7,19H,1-5H3/t17-/m0/s1. The molecule has 3 rings (SSSR count). The van der Waals surface area contributed by atoms with E-state index in [1.165, 1.54) is 20.5 Å². The number of benzene rings is 1. The van der Waals surface area contributed by atoms with Gasteiger partial charge in [-0.1, -0.05) is 0 Å². The van der Waals surface area contributed by atoms with Gasteiger partial charge >= 0.3 is 0 Å².